The molecule has 0 fully saturated rings. The van der Waals surface area contributed by atoms with Crippen LogP contribution in [0.3, 0.4) is 0 Å². The molecule has 170 valence electrons. The summed E-state index contributed by atoms with van der Waals surface area (Å²) in [7, 11) is 3.19. The molecule has 0 aliphatic carbocycles. The number of fused-ring (bicyclic) bond motifs is 1. The number of carbonyl (C=O) groups is 1. The van der Waals surface area contributed by atoms with Gasteiger partial charge in [-0.05, 0) is 30.7 Å². The van der Waals surface area contributed by atoms with Crippen molar-refractivity contribution in [2.24, 2.45) is 0 Å². The van der Waals surface area contributed by atoms with Crippen molar-refractivity contribution >= 4 is 22.6 Å². The third kappa shape index (κ3) is 5.33. The number of para-hydroxylation sites is 2. The first-order valence-corrected chi connectivity index (χ1v) is 10.7. The van der Waals surface area contributed by atoms with Gasteiger partial charge in [-0.3, -0.25) is 9.36 Å². The van der Waals surface area contributed by atoms with Gasteiger partial charge in [0.2, 0.25) is 0 Å². The van der Waals surface area contributed by atoms with Gasteiger partial charge in [-0.15, -0.1) is 0 Å². The number of anilines is 1. The minimum atomic E-state index is -0.428. The molecule has 2 amide bonds. The van der Waals surface area contributed by atoms with Crippen LogP contribution < -0.4 is 10.9 Å². The third-order valence-corrected chi connectivity index (χ3v) is 5.29. The standard InChI is InChI=1S/C24H30N4O4/c1-4-21(27(14-16-31-2)24(30)25-18-10-6-5-7-11-18)22-26-20-13-9-8-12-19(20)23(29)28(22)15-17-32-3/h5-13,21H,4,14-17H2,1-3H3,(H,25,30). The molecule has 2 aromatic carbocycles. The fourth-order valence-corrected chi connectivity index (χ4v) is 3.69. The zero-order valence-electron chi connectivity index (χ0n) is 18.8. The minimum absolute atomic E-state index is 0.142. The van der Waals surface area contributed by atoms with E-state index < -0.39 is 6.04 Å². The second-order valence-corrected chi connectivity index (χ2v) is 7.34. The highest BCUT2D eigenvalue weighted by Gasteiger charge is 2.28. The molecule has 1 atom stereocenters. The predicted octanol–water partition coefficient (Wildman–Crippen LogP) is 3.67. The van der Waals surface area contributed by atoms with Gasteiger partial charge in [-0.2, -0.15) is 0 Å². The molecule has 8 heteroatoms. The number of rotatable bonds is 10. The highest BCUT2D eigenvalue weighted by Crippen LogP contribution is 2.25. The first-order valence-electron chi connectivity index (χ1n) is 10.7. The van der Waals surface area contributed by atoms with Crippen LogP contribution in [0.25, 0.3) is 10.9 Å². The zero-order chi connectivity index (χ0) is 22.9. The average molecular weight is 439 g/mol. The molecule has 0 saturated heterocycles. The van der Waals surface area contributed by atoms with E-state index in [2.05, 4.69) is 5.32 Å². The molecule has 3 aromatic rings. The second-order valence-electron chi connectivity index (χ2n) is 7.34. The van der Waals surface area contributed by atoms with Gasteiger partial charge < -0.3 is 19.7 Å². The average Bonchev–Trinajstić information content (AvgIpc) is 2.82. The molecule has 0 saturated carbocycles. The monoisotopic (exact) mass is 438 g/mol. The maximum atomic E-state index is 13.3. The number of aromatic nitrogens is 2. The number of nitrogens with zero attached hydrogens (tertiary/aromatic N) is 3. The van der Waals surface area contributed by atoms with E-state index in [1.54, 1.807) is 29.8 Å². The van der Waals surface area contributed by atoms with Gasteiger partial charge in [0.05, 0.1) is 36.7 Å². The Balaban J connectivity index is 2.07. The Kier molecular flexibility index (Phi) is 8.35. The summed E-state index contributed by atoms with van der Waals surface area (Å²) in [4.78, 5) is 33.1. The summed E-state index contributed by atoms with van der Waals surface area (Å²) < 4.78 is 12.1. The van der Waals surface area contributed by atoms with Gasteiger partial charge in [0.1, 0.15) is 5.82 Å². The molecule has 1 aromatic heterocycles. The lowest BCUT2D eigenvalue weighted by Crippen LogP contribution is -2.43. The van der Waals surface area contributed by atoms with Crippen molar-refractivity contribution in [1.82, 2.24) is 14.5 Å². The van der Waals surface area contributed by atoms with E-state index in [9.17, 15) is 9.59 Å². The second kappa shape index (κ2) is 11.4. The van der Waals surface area contributed by atoms with Gasteiger partial charge in [-0.1, -0.05) is 37.3 Å². The summed E-state index contributed by atoms with van der Waals surface area (Å²) in [5.41, 5.74) is 1.16. The number of benzene rings is 2. The molecule has 3 rings (SSSR count). The number of carbonyl (C=O) groups excluding carboxylic acids is 1. The number of urea groups is 1. The summed E-state index contributed by atoms with van der Waals surface area (Å²) in [6, 6.07) is 15.8. The van der Waals surface area contributed by atoms with Crippen LogP contribution in [0.4, 0.5) is 10.5 Å². The van der Waals surface area contributed by atoms with Crippen molar-refractivity contribution in [3.05, 3.63) is 70.8 Å². The van der Waals surface area contributed by atoms with E-state index in [1.807, 2.05) is 55.5 Å². The molecule has 0 spiro atoms. The zero-order valence-corrected chi connectivity index (χ0v) is 18.8. The van der Waals surface area contributed by atoms with Crippen LogP contribution >= 0.6 is 0 Å². The van der Waals surface area contributed by atoms with Crippen LogP contribution in [-0.2, 0) is 16.0 Å². The molecule has 1 unspecified atom stereocenters. The summed E-state index contributed by atoms with van der Waals surface area (Å²) in [5, 5.41) is 3.48. The smallest absolute Gasteiger partial charge is 0.322 e. The summed E-state index contributed by atoms with van der Waals surface area (Å²) in [6.45, 7) is 3.38. The molecule has 1 heterocycles. The molecular weight excluding hydrogens is 408 g/mol. The van der Waals surface area contributed by atoms with Crippen LogP contribution in [0.5, 0.6) is 0 Å². The third-order valence-electron chi connectivity index (χ3n) is 5.29. The first-order chi connectivity index (χ1) is 15.6. The van der Waals surface area contributed by atoms with Crippen molar-refractivity contribution in [3.8, 4) is 0 Å². The Hall–Kier alpha value is -3.23. The Morgan fingerprint density at radius 3 is 2.44 bits per heavy atom. The molecular formula is C24H30N4O4. The highest BCUT2D eigenvalue weighted by molar-refractivity contribution is 5.89. The molecule has 0 aliphatic heterocycles. The van der Waals surface area contributed by atoms with E-state index >= 15 is 0 Å². The lowest BCUT2D eigenvalue weighted by atomic mass is 10.1. The molecule has 32 heavy (non-hydrogen) atoms. The van der Waals surface area contributed by atoms with Crippen molar-refractivity contribution in [2.45, 2.75) is 25.9 Å². The first kappa shape index (κ1) is 23.4. The summed E-state index contributed by atoms with van der Waals surface area (Å²) >= 11 is 0. The van der Waals surface area contributed by atoms with E-state index in [0.717, 1.165) is 0 Å². The van der Waals surface area contributed by atoms with Crippen LogP contribution in [-0.4, -0.2) is 54.5 Å². The molecule has 0 radical (unpaired) electrons. The Labute approximate surface area is 187 Å². The number of nitrogens with one attached hydrogen (secondary N) is 1. The number of hydrogen-bond acceptors (Lipinski definition) is 5. The van der Waals surface area contributed by atoms with Gasteiger partial charge in [-0.25, -0.2) is 9.78 Å². The van der Waals surface area contributed by atoms with E-state index in [0.29, 0.717) is 55.1 Å². The number of ether oxygens (including phenoxy) is 2. The molecule has 1 N–H and O–H groups in total. The fourth-order valence-electron chi connectivity index (χ4n) is 3.69. The van der Waals surface area contributed by atoms with Crippen molar-refractivity contribution in [3.63, 3.8) is 0 Å². The maximum Gasteiger partial charge on any atom is 0.322 e. The quantitative estimate of drug-likeness (QED) is 0.522. The Bertz CT molecular complexity index is 1080. The molecule has 0 aliphatic rings. The lowest BCUT2D eigenvalue weighted by molar-refractivity contribution is 0.128. The van der Waals surface area contributed by atoms with E-state index in [1.165, 1.54) is 0 Å². The van der Waals surface area contributed by atoms with Crippen molar-refractivity contribution in [1.29, 1.82) is 0 Å². The molecule has 8 nitrogen and oxygen atoms in total. The largest absolute Gasteiger partial charge is 0.383 e. The number of hydrogen-bond donors (Lipinski definition) is 1. The Morgan fingerprint density at radius 2 is 1.75 bits per heavy atom. The van der Waals surface area contributed by atoms with Crippen LogP contribution in [0.1, 0.15) is 25.2 Å². The van der Waals surface area contributed by atoms with Crippen LogP contribution in [0.15, 0.2) is 59.4 Å². The number of methoxy groups -OCH3 is 2. The predicted molar refractivity (Wildman–Crippen MR) is 125 cm³/mol. The van der Waals surface area contributed by atoms with Gasteiger partial charge >= 0.3 is 6.03 Å². The van der Waals surface area contributed by atoms with Gasteiger partial charge in [0.25, 0.3) is 5.56 Å². The Morgan fingerprint density at radius 1 is 1.06 bits per heavy atom. The highest BCUT2D eigenvalue weighted by atomic mass is 16.5. The topological polar surface area (TPSA) is 85.7 Å². The minimum Gasteiger partial charge on any atom is -0.383 e. The van der Waals surface area contributed by atoms with E-state index in [-0.39, 0.29) is 11.6 Å². The maximum absolute atomic E-state index is 13.3. The molecule has 0 bridgehead atoms. The van der Waals surface area contributed by atoms with Crippen LogP contribution in [0, 0.1) is 0 Å². The van der Waals surface area contributed by atoms with Gasteiger partial charge in [0.15, 0.2) is 0 Å². The summed E-state index contributed by atoms with van der Waals surface area (Å²) in [5.74, 6) is 0.535. The SMILES string of the molecule is CCC(c1nc2ccccc2c(=O)n1CCOC)N(CCOC)C(=O)Nc1ccccc1. The lowest BCUT2D eigenvalue weighted by Gasteiger charge is -2.32. The fraction of sp³-hybridized carbons (Fsp3) is 0.375. The van der Waals surface area contributed by atoms with E-state index in [4.69, 9.17) is 14.5 Å². The van der Waals surface area contributed by atoms with Crippen molar-refractivity contribution < 1.29 is 14.3 Å². The van der Waals surface area contributed by atoms with Gasteiger partial charge in [0, 0.05) is 26.5 Å². The summed E-state index contributed by atoms with van der Waals surface area (Å²) in [6.07, 6.45) is 0.573. The normalized spacial score (nSPS) is 12.0. The van der Waals surface area contributed by atoms with Crippen molar-refractivity contribution in [2.75, 3.05) is 39.3 Å². The van der Waals surface area contributed by atoms with Crippen LogP contribution in [0.2, 0.25) is 0 Å². The number of amides is 2.